The Labute approximate surface area is 80.2 Å². The number of nitrogens with one attached hydrogen (secondary N) is 1. The van der Waals surface area contributed by atoms with E-state index in [0.29, 0.717) is 12.4 Å². The Balaban J connectivity index is 4.01. The molecule has 13 heavy (non-hydrogen) atoms. The van der Waals surface area contributed by atoms with Crippen LogP contribution in [0.5, 0.6) is 0 Å². The Kier molecular flexibility index (Phi) is 4.77. The van der Waals surface area contributed by atoms with E-state index in [2.05, 4.69) is 10.3 Å². The minimum atomic E-state index is -0.0630. The molecule has 0 aliphatic heterocycles. The molecule has 0 rings (SSSR count). The van der Waals surface area contributed by atoms with E-state index >= 15 is 0 Å². The molecule has 4 N–H and O–H groups in total. The van der Waals surface area contributed by atoms with Gasteiger partial charge in [-0.15, -0.1) is 0 Å². The normalized spacial score (nSPS) is 15.6. The van der Waals surface area contributed by atoms with Crippen LogP contribution in [0.3, 0.4) is 0 Å². The van der Waals surface area contributed by atoms with Gasteiger partial charge < -0.3 is 16.2 Å². The molecule has 0 heterocycles. The van der Waals surface area contributed by atoms with Crippen LogP contribution in [0.2, 0.25) is 0 Å². The molecule has 1 unspecified atom stereocenters. The van der Waals surface area contributed by atoms with Gasteiger partial charge in [0.2, 0.25) is 0 Å². The standard InChI is InChI=1S/C9H21N3O/c1-7(5-6-13)11-8(10)12-9(2,3)4/h7,13H,5-6H2,1-4H3,(H3,10,11,12). The van der Waals surface area contributed by atoms with Gasteiger partial charge in [0.05, 0.1) is 6.04 Å². The van der Waals surface area contributed by atoms with E-state index in [9.17, 15) is 0 Å². The van der Waals surface area contributed by atoms with Gasteiger partial charge in [-0.1, -0.05) is 0 Å². The lowest BCUT2D eigenvalue weighted by molar-refractivity contribution is 0.279. The number of nitrogens with two attached hydrogens (primary N) is 1. The SMILES string of the molecule is CC(CCO)N=C(N)NC(C)(C)C. The van der Waals surface area contributed by atoms with Crippen molar-refractivity contribution >= 4 is 5.96 Å². The lowest BCUT2D eigenvalue weighted by Crippen LogP contribution is -2.45. The molecule has 0 bridgehead atoms. The van der Waals surface area contributed by atoms with Gasteiger partial charge >= 0.3 is 0 Å². The Bertz CT molecular complexity index is 172. The average Bonchev–Trinajstić information content (AvgIpc) is 1.81. The summed E-state index contributed by atoms with van der Waals surface area (Å²) in [4.78, 5) is 4.18. The van der Waals surface area contributed by atoms with Crippen molar-refractivity contribution in [1.82, 2.24) is 5.32 Å². The first kappa shape index (κ1) is 12.2. The average molecular weight is 187 g/mol. The summed E-state index contributed by atoms with van der Waals surface area (Å²) < 4.78 is 0. The lowest BCUT2D eigenvalue weighted by Gasteiger charge is -2.21. The molecule has 0 aliphatic carbocycles. The highest BCUT2D eigenvalue weighted by Gasteiger charge is 2.10. The maximum absolute atomic E-state index is 8.65. The summed E-state index contributed by atoms with van der Waals surface area (Å²) in [7, 11) is 0. The van der Waals surface area contributed by atoms with E-state index in [1.807, 2.05) is 27.7 Å². The van der Waals surface area contributed by atoms with Crippen molar-refractivity contribution in [1.29, 1.82) is 0 Å². The number of nitrogens with zero attached hydrogens (tertiary/aromatic N) is 1. The van der Waals surface area contributed by atoms with Gasteiger partial charge in [-0.2, -0.15) is 0 Å². The number of hydrogen-bond donors (Lipinski definition) is 3. The van der Waals surface area contributed by atoms with E-state index in [0.717, 1.165) is 0 Å². The van der Waals surface area contributed by atoms with Crippen molar-refractivity contribution in [2.24, 2.45) is 10.7 Å². The molecule has 78 valence electrons. The van der Waals surface area contributed by atoms with Crippen molar-refractivity contribution < 1.29 is 5.11 Å². The molecule has 0 amide bonds. The van der Waals surface area contributed by atoms with E-state index in [1.54, 1.807) is 0 Å². The lowest BCUT2D eigenvalue weighted by atomic mass is 10.1. The number of aliphatic imine (C=N–C) groups is 1. The largest absolute Gasteiger partial charge is 0.396 e. The van der Waals surface area contributed by atoms with Gasteiger partial charge in [0.15, 0.2) is 5.96 Å². The second-order valence-electron chi connectivity index (χ2n) is 4.25. The molecule has 0 radical (unpaired) electrons. The van der Waals surface area contributed by atoms with Crippen LogP contribution in [0.4, 0.5) is 0 Å². The molecule has 4 heteroatoms. The van der Waals surface area contributed by atoms with Crippen molar-refractivity contribution in [3.05, 3.63) is 0 Å². The molecule has 0 saturated heterocycles. The minimum absolute atomic E-state index is 0.0630. The second kappa shape index (κ2) is 5.07. The first-order valence-corrected chi connectivity index (χ1v) is 4.57. The third-order valence-electron chi connectivity index (χ3n) is 1.41. The predicted molar refractivity (Wildman–Crippen MR) is 55.7 cm³/mol. The fourth-order valence-electron chi connectivity index (χ4n) is 0.905. The van der Waals surface area contributed by atoms with Crippen LogP contribution in [0.25, 0.3) is 0 Å². The van der Waals surface area contributed by atoms with E-state index in [4.69, 9.17) is 10.8 Å². The van der Waals surface area contributed by atoms with Gasteiger partial charge in [0.25, 0.3) is 0 Å². The second-order valence-corrected chi connectivity index (χ2v) is 4.25. The third-order valence-corrected chi connectivity index (χ3v) is 1.41. The summed E-state index contributed by atoms with van der Waals surface area (Å²) in [5.74, 6) is 0.438. The molecule has 0 aliphatic rings. The molecule has 0 fully saturated rings. The van der Waals surface area contributed by atoms with Gasteiger partial charge in [-0.25, -0.2) is 0 Å². The molecule has 0 aromatic heterocycles. The summed E-state index contributed by atoms with van der Waals surface area (Å²) in [6, 6.07) is 0.0693. The molecule has 1 atom stereocenters. The number of guanidine groups is 1. The van der Waals surface area contributed by atoms with Crippen LogP contribution >= 0.6 is 0 Å². The number of aliphatic hydroxyl groups excluding tert-OH is 1. The van der Waals surface area contributed by atoms with Crippen LogP contribution in [0, 0.1) is 0 Å². The molecular formula is C9H21N3O. The van der Waals surface area contributed by atoms with Gasteiger partial charge in [-0.05, 0) is 34.1 Å². The Morgan fingerprint density at radius 3 is 2.46 bits per heavy atom. The highest BCUT2D eigenvalue weighted by atomic mass is 16.3. The van der Waals surface area contributed by atoms with Crippen molar-refractivity contribution in [2.45, 2.75) is 45.7 Å². The van der Waals surface area contributed by atoms with E-state index < -0.39 is 0 Å². The van der Waals surface area contributed by atoms with Gasteiger partial charge in [0.1, 0.15) is 0 Å². The molecule has 0 saturated carbocycles. The van der Waals surface area contributed by atoms with Crippen molar-refractivity contribution in [3.63, 3.8) is 0 Å². The molecule has 4 nitrogen and oxygen atoms in total. The van der Waals surface area contributed by atoms with E-state index in [1.165, 1.54) is 0 Å². The zero-order valence-corrected chi connectivity index (χ0v) is 8.96. The molecule has 0 aromatic carbocycles. The fourth-order valence-corrected chi connectivity index (χ4v) is 0.905. The fraction of sp³-hybridized carbons (Fsp3) is 0.889. The summed E-state index contributed by atoms with van der Waals surface area (Å²) in [6.07, 6.45) is 0.645. The van der Waals surface area contributed by atoms with Crippen LogP contribution in [0.15, 0.2) is 4.99 Å². The first-order valence-electron chi connectivity index (χ1n) is 4.57. The van der Waals surface area contributed by atoms with Crippen LogP contribution in [-0.2, 0) is 0 Å². The number of rotatable bonds is 3. The van der Waals surface area contributed by atoms with Crippen LogP contribution < -0.4 is 11.1 Å². The van der Waals surface area contributed by atoms with Crippen LogP contribution in [0.1, 0.15) is 34.1 Å². The highest BCUT2D eigenvalue weighted by molar-refractivity contribution is 5.78. The molecule has 0 spiro atoms. The topological polar surface area (TPSA) is 70.6 Å². The monoisotopic (exact) mass is 187 g/mol. The quantitative estimate of drug-likeness (QED) is 0.444. The maximum Gasteiger partial charge on any atom is 0.189 e. The Morgan fingerprint density at radius 2 is 2.08 bits per heavy atom. The van der Waals surface area contributed by atoms with Crippen molar-refractivity contribution in [3.8, 4) is 0 Å². The zero-order chi connectivity index (χ0) is 10.5. The predicted octanol–water partition coefficient (Wildman–Crippen LogP) is 0.460. The highest BCUT2D eigenvalue weighted by Crippen LogP contribution is 1.99. The first-order chi connectivity index (χ1) is 5.85. The Hall–Kier alpha value is -0.770. The van der Waals surface area contributed by atoms with Gasteiger partial charge in [-0.3, -0.25) is 4.99 Å². The summed E-state index contributed by atoms with van der Waals surface area (Å²) in [5, 5.41) is 11.7. The minimum Gasteiger partial charge on any atom is -0.396 e. The van der Waals surface area contributed by atoms with Crippen molar-refractivity contribution in [2.75, 3.05) is 6.61 Å². The van der Waals surface area contributed by atoms with Crippen LogP contribution in [-0.4, -0.2) is 29.3 Å². The smallest absolute Gasteiger partial charge is 0.189 e. The summed E-state index contributed by atoms with van der Waals surface area (Å²) in [5.41, 5.74) is 5.59. The molecular weight excluding hydrogens is 166 g/mol. The van der Waals surface area contributed by atoms with Gasteiger partial charge in [0, 0.05) is 12.1 Å². The summed E-state index contributed by atoms with van der Waals surface area (Å²) >= 11 is 0. The number of hydrogen-bond acceptors (Lipinski definition) is 2. The Morgan fingerprint density at radius 1 is 1.54 bits per heavy atom. The zero-order valence-electron chi connectivity index (χ0n) is 8.96. The number of aliphatic hydroxyl groups is 1. The summed E-state index contributed by atoms with van der Waals surface area (Å²) in [6.45, 7) is 8.13. The van der Waals surface area contributed by atoms with E-state index in [-0.39, 0.29) is 18.2 Å². The maximum atomic E-state index is 8.65. The molecule has 0 aromatic rings. The third kappa shape index (κ3) is 7.59.